The Kier molecular flexibility index (Phi) is 4.57. The summed E-state index contributed by atoms with van der Waals surface area (Å²) in [5.41, 5.74) is 0.917. The minimum atomic E-state index is -0.959. The Morgan fingerprint density at radius 2 is 1.88 bits per heavy atom. The Balaban J connectivity index is 3.29. The van der Waals surface area contributed by atoms with Gasteiger partial charge in [0.05, 0.1) is 18.7 Å². The molecule has 0 spiro atoms. The first-order chi connectivity index (χ1) is 7.99. The fourth-order valence-corrected chi connectivity index (χ4v) is 1.81. The molecule has 17 heavy (non-hydrogen) atoms. The van der Waals surface area contributed by atoms with Crippen molar-refractivity contribution in [3.05, 3.63) is 27.7 Å². The lowest BCUT2D eigenvalue weighted by atomic mass is 10.1. The number of ether oxygens (including phenoxy) is 2. The van der Waals surface area contributed by atoms with Gasteiger partial charge in [0.15, 0.2) is 0 Å². The monoisotopic (exact) mass is 300 g/mol. The van der Waals surface area contributed by atoms with Gasteiger partial charge >= 0.3 is 5.97 Å². The summed E-state index contributed by atoms with van der Waals surface area (Å²) in [6.07, 6.45) is 1.55. The van der Waals surface area contributed by atoms with E-state index in [1.807, 2.05) is 0 Å². The van der Waals surface area contributed by atoms with Crippen LogP contribution in [0.15, 0.2) is 22.2 Å². The van der Waals surface area contributed by atoms with E-state index >= 15 is 0 Å². The van der Waals surface area contributed by atoms with E-state index < -0.39 is 5.97 Å². The summed E-state index contributed by atoms with van der Waals surface area (Å²) in [7, 11) is 3.08. The first-order valence-electron chi connectivity index (χ1n) is 4.82. The molecule has 0 amide bonds. The molecule has 1 rings (SSSR count). The molecule has 0 saturated heterocycles. The molecular weight excluding hydrogens is 288 g/mol. The fraction of sp³-hybridized carbons (Fsp3) is 0.250. The number of carboxylic acids is 1. The zero-order valence-electron chi connectivity index (χ0n) is 9.78. The number of halogens is 1. The van der Waals surface area contributed by atoms with E-state index in [4.69, 9.17) is 14.6 Å². The van der Waals surface area contributed by atoms with E-state index in [1.165, 1.54) is 14.0 Å². The van der Waals surface area contributed by atoms with Crippen LogP contribution in [0.25, 0.3) is 6.08 Å². The molecule has 1 aromatic carbocycles. The lowest BCUT2D eigenvalue weighted by Gasteiger charge is -2.10. The Morgan fingerprint density at radius 3 is 2.35 bits per heavy atom. The highest BCUT2D eigenvalue weighted by Gasteiger charge is 2.09. The van der Waals surface area contributed by atoms with E-state index in [-0.39, 0.29) is 5.57 Å². The molecule has 0 saturated carbocycles. The Morgan fingerprint density at radius 1 is 1.29 bits per heavy atom. The van der Waals surface area contributed by atoms with E-state index in [1.54, 1.807) is 25.3 Å². The molecule has 92 valence electrons. The summed E-state index contributed by atoms with van der Waals surface area (Å²) in [6, 6.07) is 3.45. The predicted molar refractivity (Wildman–Crippen MR) is 68.5 cm³/mol. The van der Waals surface area contributed by atoms with Gasteiger partial charge in [-0.25, -0.2) is 4.79 Å². The van der Waals surface area contributed by atoms with Gasteiger partial charge in [0.25, 0.3) is 0 Å². The van der Waals surface area contributed by atoms with E-state index in [0.717, 1.165) is 4.47 Å². The van der Waals surface area contributed by atoms with Crippen LogP contribution >= 0.6 is 15.9 Å². The molecule has 5 heteroatoms. The smallest absolute Gasteiger partial charge is 0.331 e. The normalized spacial score (nSPS) is 11.2. The Hall–Kier alpha value is -1.49. The average molecular weight is 301 g/mol. The van der Waals surface area contributed by atoms with Crippen molar-refractivity contribution < 1.29 is 19.4 Å². The van der Waals surface area contributed by atoms with Crippen LogP contribution in [0.2, 0.25) is 0 Å². The fourth-order valence-electron chi connectivity index (χ4n) is 1.29. The van der Waals surface area contributed by atoms with E-state index in [0.29, 0.717) is 17.1 Å². The maximum absolute atomic E-state index is 10.8. The number of aliphatic carboxylic acids is 1. The van der Waals surface area contributed by atoms with Crippen molar-refractivity contribution in [2.45, 2.75) is 6.92 Å². The summed E-state index contributed by atoms with van der Waals surface area (Å²) in [5.74, 6) is 0.233. The summed E-state index contributed by atoms with van der Waals surface area (Å²) < 4.78 is 11.1. The summed E-state index contributed by atoms with van der Waals surface area (Å²) in [4.78, 5) is 10.8. The number of hydrogen-bond donors (Lipinski definition) is 1. The van der Waals surface area contributed by atoms with Crippen LogP contribution in [-0.2, 0) is 4.79 Å². The van der Waals surface area contributed by atoms with Crippen LogP contribution in [0, 0.1) is 0 Å². The van der Waals surface area contributed by atoms with Crippen LogP contribution < -0.4 is 9.47 Å². The number of carboxylic acid groups (broad SMARTS) is 1. The maximum Gasteiger partial charge on any atom is 0.331 e. The molecule has 0 fully saturated rings. The van der Waals surface area contributed by atoms with Crippen molar-refractivity contribution in [2.75, 3.05) is 14.2 Å². The molecule has 1 aromatic rings. The molecule has 0 radical (unpaired) electrons. The molecule has 4 nitrogen and oxygen atoms in total. The third kappa shape index (κ3) is 3.23. The van der Waals surface area contributed by atoms with Gasteiger partial charge in [-0.15, -0.1) is 0 Å². The molecule has 0 aliphatic carbocycles. The molecule has 0 heterocycles. The molecule has 0 aliphatic heterocycles. The molecular formula is C12H13BrO4. The highest BCUT2D eigenvalue weighted by molar-refractivity contribution is 9.10. The minimum absolute atomic E-state index is 0.236. The lowest BCUT2D eigenvalue weighted by molar-refractivity contribution is -0.132. The third-order valence-electron chi connectivity index (χ3n) is 2.21. The molecule has 0 unspecified atom stereocenters. The van der Waals surface area contributed by atoms with Gasteiger partial charge < -0.3 is 14.6 Å². The van der Waals surface area contributed by atoms with Gasteiger partial charge in [0.1, 0.15) is 11.5 Å². The lowest BCUT2D eigenvalue weighted by Crippen LogP contribution is -1.97. The van der Waals surface area contributed by atoms with Crippen molar-refractivity contribution >= 4 is 28.0 Å². The Labute approximate surface area is 108 Å². The van der Waals surface area contributed by atoms with Crippen LogP contribution in [0.4, 0.5) is 0 Å². The molecule has 0 atom stereocenters. The van der Waals surface area contributed by atoms with E-state index in [2.05, 4.69) is 15.9 Å². The van der Waals surface area contributed by atoms with Gasteiger partial charge in [-0.1, -0.05) is 0 Å². The SMILES string of the molecule is COc1cc(OC)c(/C=C(\C)C(=O)O)cc1Br. The highest BCUT2D eigenvalue weighted by Crippen LogP contribution is 2.33. The number of hydrogen-bond acceptors (Lipinski definition) is 3. The van der Waals surface area contributed by atoms with Gasteiger partial charge in [-0.3, -0.25) is 0 Å². The second-order valence-electron chi connectivity index (χ2n) is 3.36. The van der Waals surface area contributed by atoms with Gasteiger partial charge in [-0.05, 0) is 35.0 Å². The number of methoxy groups -OCH3 is 2. The summed E-state index contributed by atoms with van der Waals surface area (Å²) >= 11 is 3.34. The zero-order valence-corrected chi connectivity index (χ0v) is 11.4. The molecule has 0 bridgehead atoms. The number of rotatable bonds is 4. The zero-order chi connectivity index (χ0) is 13.0. The summed E-state index contributed by atoms with van der Waals surface area (Å²) in [5, 5.41) is 8.83. The first kappa shape index (κ1) is 13.6. The standard InChI is InChI=1S/C12H13BrO4/c1-7(12(14)15)4-8-5-9(13)11(17-3)6-10(8)16-2/h4-6H,1-3H3,(H,14,15)/b7-4+. The van der Waals surface area contributed by atoms with Crippen molar-refractivity contribution in [2.24, 2.45) is 0 Å². The quantitative estimate of drug-likeness (QED) is 0.869. The highest BCUT2D eigenvalue weighted by atomic mass is 79.9. The third-order valence-corrected chi connectivity index (χ3v) is 2.83. The van der Waals surface area contributed by atoms with Crippen molar-refractivity contribution in [3.63, 3.8) is 0 Å². The van der Waals surface area contributed by atoms with Crippen LogP contribution in [0.3, 0.4) is 0 Å². The topological polar surface area (TPSA) is 55.8 Å². The van der Waals surface area contributed by atoms with Crippen molar-refractivity contribution in [3.8, 4) is 11.5 Å². The summed E-state index contributed by atoms with van der Waals surface area (Å²) in [6.45, 7) is 1.53. The van der Waals surface area contributed by atoms with Gasteiger partial charge in [0, 0.05) is 17.2 Å². The van der Waals surface area contributed by atoms with Crippen molar-refractivity contribution in [1.82, 2.24) is 0 Å². The molecule has 0 aliphatic rings. The minimum Gasteiger partial charge on any atom is -0.496 e. The van der Waals surface area contributed by atoms with Gasteiger partial charge in [0.2, 0.25) is 0 Å². The average Bonchev–Trinajstić information content (AvgIpc) is 2.29. The molecule has 0 aromatic heterocycles. The molecule has 1 N–H and O–H groups in total. The first-order valence-corrected chi connectivity index (χ1v) is 5.62. The van der Waals surface area contributed by atoms with Gasteiger partial charge in [-0.2, -0.15) is 0 Å². The second kappa shape index (κ2) is 5.72. The van der Waals surface area contributed by atoms with Crippen LogP contribution in [0.5, 0.6) is 11.5 Å². The maximum atomic E-state index is 10.8. The number of benzene rings is 1. The van der Waals surface area contributed by atoms with E-state index in [9.17, 15) is 4.79 Å². The van der Waals surface area contributed by atoms with Crippen molar-refractivity contribution in [1.29, 1.82) is 0 Å². The Bertz CT molecular complexity index is 466. The largest absolute Gasteiger partial charge is 0.496 e. The number of carbonyl (C=O) groups is 1. The van der Waals surface area contributed by atoms with Crippen LogP contribution in [-0.4, -0.2) is 25.3 Å². The van der Waals surface area contributed by atoms with Crippen LogP contribution in [0.1, 0.15) is 12.5 Å². The second-order valence-corrected chi connectivity index (χ2v) is 4.22. The predicted octanol–water partition coefficient (Wildman–Crippen LogP) is 2.95.